The van der Waals surface area contributed by atoms with Crippen LogP contribution in [0, 0.1) is 23.2 Å². The standard InChI is InChI=1S/C17H28O2/c1-17(2,11-18)16-14-9-4-3-7-12(14)13-8-5-6-10-15(13)19-16/h3,7,12-16,18H,4-6,8-11H2,1-2H3/t12-,13+,14-,15+,16-/m1/s1. The molecule has 0 aromatic rings. The van der Waals surface area contributed by atoms with Crippen molar-refractivity contribution in [2.75, 3.05) is 6.61 Å². The van der Waals surface area contributed by atoms with Gasteiger partial charge >= 0.3 is 0 Å². The van der Waals surface area contributed by atoms with Crippen molar-refractivity contribution < 1.29 is 9.84 Å². The van der Waals surface area contributed by atoms with Gasteiger partial charge in [-0.1, -0.05) is 38.8 Å². The summed E-state index contributed by atoms with van der Waals surface area (Å²) in [6.07, 6.45) is 13.2. The summed E-state index contributed by atoms with van der Waals surface area (Å²) in [5.74, 6) is 2.05. The maximum absolute atomic E-state index is 9.73. The largest absolute Gasteiger partial charge is 0.396 e. The first-order chi connectivity index (χ1) is 9.13. The van der Waals surface area contributed by atoms with Crippen LogP contribution >= 0.6 is 0 Å². The predicted octanol–water partition coefficient (Wildman–Crippen LogP) is 3.54. The van der Waals surface area contributed by atoms with E-state index in [4.69, 9.17) is 4.74 Å². The topological polar surface area (TPSA) is 29.5 Å². The van der Waals surface area contributed by atoms with Crippen LogP contribution in [0.2, 0.25) is 0 Å². The van der Waals surface area contributed by atoms with Gasteiger partial charge in [0.25, 0.3) is 0 Å². The fourth-order valence-corrected chi connectivity index (χ4v) is 4.57. The molecule has 0 amide bonds. The Bertz CT molecular complexity index is 347. The zero-order valence-corrected chi connectivity index (χ0v) is 12.3. The lowest BCUT2D eigenvalue weighted by Crippen LogP contribution is -2.54. The lowest BCUT2D eigenvalue weighted by Gasteiger charge is -2.53. The first-order valence-electron chi connectivity index (χ1n) is 8.06. The van der Waals surface area contributed by atoms with E-state index in [2.05, 4.69) is 26.0 Å². The average molecular weight is 264 g/mol. The van der Waals surface area contributed by atoms with Crippen LogP contribution in [0.15, 0.2) is 12.2 Å². The van der Waals surface area contributed by atoms with Gasteiger partial charge < -0.3 is 9.84 Å². The van der Waals surface area contributed by atoms with Crippen LogP contribution in [0.3, 0.4) is 0 Å². The highest BCUT2D eigenvalue weighted by atomic mass is 16.5. The van der Waals surface area contributed by atoms with Crippen LogP contribution in [0.5, 0.6) is 0 Å². The van der Waals surface area contributed by atoms with E-state index in [1.54, 1.807) is 0 Å². The number of rotatable bonds is 2. The molecule has 2 aliphatic carbocycles. The molecule has 1 N–H and O–H groups in total. The van der Waals surface area contributed by atoms with Crippen molar-refractivity contribution in [3.63, 3.8) is 0 Å². The quantitative estimate of drug-likeness (QED) is 0.773. The zero-order chi connectivity index (χ0) is 13.5. The van der Waals surface area contributed by atoms with Gasteiger partial charge in [0.15, 0.2) is 0 Å². The summed E-state index contributed by atoms with van der Waals surface area (Å²) in [5, 5.41) is 9.73. The predicted molar refractivity (Wildman–Crippen MR) is 76.8 cm³/mol. The Morgan fingerprint density at radius 1 is 1.16 bits per heavy atom. The Balaban J connectivity index is 1.88. The summed E-state index contributed by atoms with van der Waals surface area (Å²) >= 11 is 0. The highest BCUT2D eigenvalue weighted by Gasteiger charge is 2.49. The first kappa shape index (κ1) is 13.6. The summed E-state index contributed by atoms with van der Waals surface area (Å²) in [5.41, 5.74) is -0.115. The van der Waals surface area contributed by atoms with Crippen LogP contribution in [-0.2, 0) is 4.74 Å². The lowest BCUT2D eigenvalue weighted by atomic mass is 9.62. The number of aliphatic hydroxyl groups is 1. The average Bonchev–Trinajstić information content (AvgIpc) is 2.46. The number of hydrogen-bond acceptors (Lipinski definition) is 2. The van der Waals surface area contributed by atoms with Crippen LogP contribution in [0.25, 0.3) is 0 Å². The second kappa shape index (κ2) is 5.21. The molecule has 3 rings (SSSR count). The molecule has 0 aromatic carbocycles. The molecule has 2 heteroatoms. The fourth-order valence-electron chi connectivity index (χ4n) is 4.57. The summed E-state index contributed by atoms with van der Waals surface area (Å²) in [4.78, 5) is 0. The minimum absolute atomic E-state index is 0.115. The monoisotopic (exact) mass is 264 g/mol. The van der Waals surface area contributed by atoms with Gasteiger partial charge in [-0.2, -0.15) is 0 Å². The fraction of sp³-hybridized carbons (Fsp3) is 0.882. The van der Waals surface area contributed by atoms with Gasteiger partial charge in [-0.3, -0.25) is 0 Å². The zero-order valence-electron chi connectivity index (χ0n) is 12.3. The van der Waals surface area contributed by atoms with E-state index in [1.807, 2.05) is 0 Å². The molecule has 0 bridgehead atoms. The summed E-state index contributed by atoms with van der Waals surface area (Å²) < 4.78 is 6.52. The normalized spacial score (nSPS) is 42.6. The Morgan fingerprint density at radius 3 is 2.74 bits per heavy atom. The molecule has 2 nitrogen and oxygen atoms in total. The molecule has 5 atom stereocenters. The third-order valence-electron chi connectivity index (χ3n) is 5.66. The number of aliphatic hydroxyl groups excluding tert-OH is 1. The number of allylic oxidation sites excluding steroid dienone is 2. The summed E-state index contributed by atoms with van der Waals surface area (Å²) in [6, 6.07) is 0. The van der Waals surface area contributed by atoms with E-state index in [1.165, 1.54) is 38.5 Å². The van der Waals surface area contributed by atoms with Crippen LogP contribution < -0.4 is 0 Å². The highest BCUT2D eigenvalue weighted by Crippen LogP contribution is 2.50. The third-order valence-corrected chi connectivity index (χ3v) is 5.66. The Hall–Kier alpha value is -0.340. The molecule has 3 aliphatic rings. The van der Waals surface area contributed by atoms with E-state index in [-0.39, 0.29) is 18.1 Å². The van der Waals surface area contributed by atoms with Crippen molar-refractivity contribution in [2.45, 2.75) is 64.6 Å². The maximum Gasteiger partial charge on any atom is 0.0685 e. The lowest BCUT2D eigenvalue weighted by molar-refractivity contribution is -0.195. The van der Waals surface area contributed by atoms with Crippen molar-refractivity contribution >= 4 is 0 Å². The van der Waals surface area contributed by atoms with Crippen molar-refractivity contribution in [1.82, 2.24) is 0 Å². The Labute approximate surface area is 117 Å². The van der Waals surface area contributed by atoms with Gasteiger partial charge in [0.05, 0.1) is 18.8 Å². The SMILES string of the molecule is CC(C)(CO)[C@@H]1O[C@H]2CCCC[C@H]2[C@H]2C=CCC[C@H]21. The van der Waals surface area contributed by atoms with Gasteiger partial charge in [-0.15, -0.1) is 0 Å². The highest BCUT2D eigenvalue weighted by molar-refractivity contribution is 5.08. The van der Waals surface area contributed by atoms with Gasteiger partial charge in [-0.25, -0.2) is 0 Å². The summed E-state index contributed by atoms with van der Waals surface area (Å²) in [7, 11) is 0. The minimum atomic E-state index is -0.115. The molecule has 2 fully saturated rings. The van der Waals surface area contributed by atoms with E-state index >= 15 is 0 Å². The molecule has 1 aliphatic heterocycles. The van der Waals surface area contributed by atoms with Gasteiger partial charge in [-0.05, 0) is 43.4 Å². The van der Waals surface area contributed by atoms with Gasteiger partial charge in [0.2, 0.25) is 0 Å². The van der Waals surface area contributed by atoms with Gasteiger partial charge in [0.1, 0.15) is 0 Å². The molecule has 19 heavy (non-hydrogen) atoms. The molecule has 1 saturated carbocycles. The second-order valence-electron chi connectivity index (χ2n) is 7.44. The van der Waals surface area contributed by atoms with Crippen molar-refractivity contribution in [1.29, 1.82) is 0 Å². The molecule has 0 radical (unpaired) electrons. The number of hydrogen-bond donors (Lipinski definition) is 1. The minimum Gasteiger partial charge on any atom is -0.396 e. The molecule has 0 spiro atoms. The van der Waals surface area contributed by atoms with Crippen molar-refractivity contribution in [3.8, 4) is 0 Å². The molecule has 0 unspecified atom stereocenters. The smallest absolute Gasteiger partial charge is 0.0685 e. The first-order valence-corrected chi connectivity index (χ1v) is 8.06. The van der Waals surface area contributed by atoms with Gasteiger partial charge in [0, 0.05) is 5.41 Å². The second-order valence-corrected chi connectivity index (χ2v) is 7.44. The van der Waals surface area contributed by atoms with Crippen molar-refractivity contribution in [2.24, 2.45) is 23.2 Å². The molecular weight excluding hydrogens is 236 g/mol. The molecule has 108 valence electrons. The van der Waals surface area contributed by atoms with Crippen LogP contribution in [0.1, 0.15) is 52.4 Å². The molecular formula is C17H28O2. The van der Waals surface area contributed by atoms with Crippen LogP contribution in [0.4, 0.5) is 0 Å². The Kier molecular flexibility index (Phi) is 3.74. The maximum atomic E-state index is 9.73. The number of ether oxygens (including phenoxy) is 1. The third kappa shape index (κ3) is 2.38. The molecule has 1 saturated heterocycles. The number of fused-ring (bicyclic) bond motifs is 3. The summed E-state index contributed by atoms with van der Waals surface area (Å²) in [6.45, 7) is 4.55. The molecule has 0 aromatic heterocycles. The van der Waals surface area contributed by atoms with Crippen LogP contribution in [-0.4, -0.2) is 23.9 Å². The van der Waals surface area contributed by atoms with E-state index in [0.717, 1.165) is 5.92 Å². The molecule has 1 heterocycles. The Morgan fingerprint density at radius 2 is 1.95 bits per heavy atom. The van der Waals surface area contributed by atoms with Crippen molar-refractivity contribution in [3.05, 3.63) is 12.2 Å². The van der Waals surface area contributed by atoms with E-state index in [0.29, 0.717) is 17.9 Å². The van der Waals surface area contributed by atoms with E-state index in [9.17, 15) is 5.11 Å². The van der Waals surface area contributed by atoms with E-state index < -0.39 is 0 Å².